The van der Waals surface area contributed by atoms with E-state index in [2.05, 4.69) is 50.4 Å². The lowest BCUT2D eigenvalue weighted by Crippen LogP contribution is -2.32. The molecule has 4 aliphatic rings. The average molecular weight is 784 g/mol. The molecule has 4 aromatic carbocycles. The zero-order valence-corrected chi connectivity index (χ0v) is 33.7. The highest BCUT2D eigenvalue weighted by Crippen LogP contribution is 2.44. The lowest BCUT2D eigenvalue weighted by molar-refractivity contribution is 0.0336. The van der Waals surface area contributed by atoms with Crippen LogP contribution < -0.4 is 29.0 Å². The molecule has 1 amide bonds. The molecule has 3 atom stereocenters. The second-order valence-electron chi connectivity index (χ2n) is 15.8. The molecular weight excluding hydrogens is 735 g/mol. The number of aliphatic imine (C=N–C) groups is 2. The number of hydrogen-bond donors (Lipinski definition) is 2. The Morgan fingerprint density at radius 2 is 1.31 bits per heavy atom. The molecular formula is C46H49N5O7. The summed E-state index contributed by atoms with van der Waals surface area (Å²) in [5, 5.41) is 15.1. The molecule has 0 radical (unpaired) electrons. The largest absolute Gasteiger partial charge is 0.497 e. The van der Waals surface area contributed by atoms with E-state index in [0.29, 0.717) is 71.6 Å². The number of amides is 1. The number of carbonyl (C=O) groups excluding carboxylic acids is 1. The minimum absolute atomic E-state index is 0.0255. The van der Waals surface area contributed by atoms with Crippen LogP contribution in [0.3, 0.4) is 0 Å². The molecule has 58 heavy (non-hydrogen) atoms. The van der Waals surface area contributed by atoms with Crippen LogP contribution in [0.2, 0.25) is 0 Å². The lowest BCUT2D eigenvalue weighted by Gasteiger charge is -2.27. The summed E-state index contributed by atoms with van der Waals surface area (Å²) in [7, 11) is 4.77. The number of benzene rings is 4. The molecule has 8 rings (SSSR count). The standard InChI is InChI=1S/C46H49N5O7/c1-46(2,3)49-32-12-8-28(9-13-32)30-18-33-24-47-38-22-42(40(55-5)20-36(38)44(52)50(33)26-30)57-16-7-17-58-43-23-39-37(21-41(43)56-6)45(53)51-27-31(19-34(51)25-48-39)29-10-14-35(54-4)15-11-29/h8-15,20-27,33-34,44,49,52H,7,16-19H2,1-6H3/t33-,34-,44?/m0/s1. The van der Waals surface area contributed by atoms with Gasteiger partial charge in [-0.2, -0.15) is 0 Å². The number of nitrogens with zero attached hydrogens (tertiary/aromatic N) is 4. The van der Waals surface area contributed by atoms with Gasteiger partial charge in [-0.3, -0.25) is 14.8 Å². The summed E-state index contributed by atoms with van der Waals surface area (Å²) in [6, 6.07) is 23.0. The van der Waals surface area contributed by atoms with E-state index in [1.165, 1.54) is 0 Å². The first-order valence-corrected chi connectivity index (χ1v) is 19.5. The summed E-state index contributed by atoms with van der Waals surface area (Å²) < 4.78 is 29.0. The number of nitrogens with one attached hydrogen (secondary N) is 1. The molecule has 0 fully saturated rings. The Labute approximate surface area is 339 Å². The number of carbonyl (C=O) groups is 1. The molecule has 0 saturated carbocycles. The summed E-state index contributed by atoms with van der Waals surface area (Å²) >= 11 is 0. The maximum absolute atomic E-state index is 13.8. The van der Waals surface area contributed by atoms with Crippen molar-refractivity contribution in [3.63, 3.8) is 0 Å². The number of ether oxygens (including phenoxy) is 5. The van der Waals surface area contributed by atoms with E-state index in [0.717, 1.165) is 40.1 Å². The molecule has 4 aliphatic heterocycles. The Bertz CT molecular complexity index is 2310. The highest BCUT2D eigenvalue weighted by Gasteiger charge is 2.35. The highest BCUT2D eigenvalue weighted by atomic mass is 16.5. The second-order valence-corrected chi connectivity index (χ2v) is 15.8. The van der Waals surface area contributed by atoms with Gasteiger partial charge in [-0.15, -0.1) is 0 Å². The molecule has 12 nitrogen and oxygen atoms in total. The smallest absolute Gasteiger partial charge is 0.260 e. The first kappa shape index (κ1) is 38.6. The quantitative estimate of drug-likeness (QED) is 0.136. The van der Waals surface area contributed by atoms with Crippen molar-refractivity contribution in [2.24, 2.45) is 9.98 Å². The van der Waals surface area contributed by atoms with Gasteiger partial charge in [0.05, 0.1) is 63.6 Å². The third-order valence-corrected chi connectivity index (χ3v) is 10.6. The van der Waals surface area contributed by atoms with E-state index in [-0.39, 0.29) is 23.5 Å². The Morgan fingerprint density at radius 3 is 1.97 bits per heavy atom. The zero-order chi connectivity index (χ0) is 40.6. The van der Waals surface area contributed by atoms with Crippen molar-refractivity contribution in [2.45, 2.75) is 63.9 Å². The molecule has 0 spiro atoms. The van der Waals surface area contributed by atoms with Gasteiger partial charge in [0.25, 0.3) is 5.91 Å². The molecule has 4 aromatic rings. The maximum atomic E-state index is 13.8. The molecule has 300 valence electrons. The summed E-state index contributed by atoms with van der Waals surface area (Å²) in [5.74, 6) is 2.58. The van der Waals surface area contributed by atoms with Crippen LogP contribution >= 0.6 is 0 Å². The lowest BCUT2D eigenvalue weighted by atomic mass is 10.0. The van der Waals surface area contributed by atoms with Crippen LogP contribution in [-0.4, -0.2) is 85.4 Å². The monoisotopic (exact) mass is 783 g/mol. The van der Waals surface area contributed by atoms with Crippen molar-refractivity contribution in [3.05, 3.63) is 107 Å². The van der Waals surface area contributed by atoms with Gasteiger partial charge < -0.3 is 43.9 Å². The van der Waals surface area contributed by atoms with Crippen LogP contribution in [0.15, 0.2) is 95.2 Å². The van der Waals surface area contributed by atoms with Gasteiger partial charge >= 0.3 is 0 Å². The fourth-order valence-electron chi connectivity index (χ4n) is 7.72. The van der Waals surface area contributed by atoms with Crippen LogP contribution in [0.4, 0.5) is 17.1 Å². The number of anilines is 1. The topological polar surface area (TPSA) is 127 Å². The Morgan fingerprint density at radius 1 is 0.724 bits per heavy atom. The van der Waals surface area contributed by atoms with Gasteiger partial charge in [-0.1, -0.05) is 24.3 Å². The predicted octanol–water partition coefficient (Wildman–Crippen LogP) is 8.56. The summed E-state index contributed by atoms with van der Waals surface area (Å²) in [4.78, 5) is 27.0. The Hall–Kier alpha value is -6.27. The normalized spacial score (nSPS) is 19.2. The molecule has 0 saturated heterocycles. The molecule has 0 aromatic heterocycles. The molecule has 1 unspecified atom stereocenters. The van der Waals surface area contributed by atoms with Crippen molar-refractivity contribution in [2.75, 3.05) is 39.9 Å². The van der Waals surface area contributed by atoms with Crippen LogP contribution in [0.5, 0.6) is 28.7 Å². The van der Waals surface area contributed by atoms with Crippen molar-refractivity contribution in [1.29, 1.82) is 0 Å². The third-order valence-electron chi connectivity index (χ3n) is 10.6. The van der Waals surface area contributed by atoms with Gasteiger partial charge in [-0.25, -0.2) is 0 Å². The SMILES string of the molecule is COc1ccc(C2=CN3C(=O)c4cc(OC)c(OCCCOc5cc6c(cc5OC)C(O)N5C=C(c7ccc(NC(C)(C)C)cc7)C[C@H]5C=N6)cc4N=C[C@@H]3C2)cc1. The number of aliphatic hydroxyl groups is 1. The predicted molar refractivity (Wildman–Crippen MR) is 226 cm³/mol. The van der Waals surface area contributed by atoms with Gasteiger partial charge in [0.2, 0.25) is 0 Å². The van der Waals surface area contributed by atoms with Crippen molar-refractivity contribution >= 4 is 46.5 Å². The van der Waals surface area contributed by atoms with Crippen LogP contribution in [0, 0.1) is 0 Å². The van der Waals surface area contributed by atoms with Crippen LogP contribution in [0.25, 0.3) is 11.1 Å². The molecule has 12 heteroatoms. The number of methoxy groups -OCH3 is 3. The first-order valence-electron chi connectivity index (χ1n) is 19.5. The molecule has 2 N–H and O–H groups in total. The third kappa shape index (κ3) is 7.84. The molecule has 0 bridgehead atoms. The summed E-state index contributed by atoms with van der Waals surface area (Å²) in [5.41, 5.74) is 7.61. The molecule has 0 aliphatic carbocycles. The van der Waals surface area contributed by atoms with E-state index in [1.54, 1.807) is 44.4 Å². The Balaban J connectivity index is 0.894. The van der Waals surface area contributed by atoms with Crippen LogP contribution in [-0.2, 0) is 0 Å². The average Bonchev–Trinajstić information content (AvgIpc) is 3.80. The Kier molecular flexibility index (Phi) is 10.6. The second kappa shape index (κ2) is 15.9. The first-order chi connectivity index (χ1) is 28.0. The van der Waals surface area contributed by atoms with E-state index in [9.17, 15) is 9.90 Å². The summed E-state index contributed by atoms with van der Waals surface area (Å²) in [6.07, 6.45) is 8.65. The minimum atomic E-state index is -0.918. The van der Waals surface area contributed by atoms with Crippen molar-refractivity contribution in [1.82, 2.24) is 9.80 Å². The van der Waals surface area contributed by atoms with E-state index < -0.39 is 6.23 Å². The zero-order valence-electron chi connectivity index (χ0n) is 33.7. The summed E-state index contributed by atoms with van der Waals surface area (Å²) in [6.45, 7) is 7.06. The molecule has 4 heterocycles. The van der Waals surface area contributed by atoms with E-state index >= 15 is 0 Å². The van der Waals surface area contributed by atoms with Gasteiger partial charge in [0.1, 0.15) is 5.75 Å². The van der Waals surface area contributed by atoms with Gasteiger partial charge in [0, 0.05) is 66.6 Å². The minimum Gasteiger partial charge on any atom is -0.497 e. The maximum Gasteiger partial charge on any atom is 0.260 e. The van der Waals surface area contributed by atoms with Gasteiger partial charge in [-0.05, 0) is 85.9 Å². The van der Waals surface area contributed by atoms with E-state index in [4.69, 9.17) is 33.7 Å². The van der Waals surface area contributed by atoms with Crippen molar-refractivity contribution < 1.29 is 33.6 Å². The number of fused-ring (bicyclic) bond motifs is 4. The number of aliphatic hydroxyl groups excluding tert-OH is 1. The number of hydrogen-bond acceptors (Lipinski definition) is 11. The number of rotatable bonds is 12. The van der Waals surface area contributed by atoms with Crippen molar-refractivity contribution in [3.8, 4) is 28.7 Å². The van der Waals surface area contributed by atoms with Gasteiger partial charge in [0.15, 0.2) is 29.2 Å². The van der Waals surface area contributed by atoms with E-state index in [1.807, 2.05) is 60.1 Å². The highest BCUT2D eigenvalue weighted by molar-refractivity contribution is 6.05. The fraction of sp³-hybridized carbons (Fsp3) is 0.326. The van der Waals surface area contributed by atoms with Crippen LogP contribution in [0.1, 0.15) is 73.3 Å². The fourth-order valence-corrected chi connectivity index (χ4v) is 7.72.